The number of Topliss-reactive ketones (excluding diaryl/α,β-unsaturated/α-hetero) is 1. The smallest absolute Gasteiger partial charge is 0.338 e. The second-order valence-corrected chi connectivity index (χ2v) is 5.19. The highest BCUT2D eigenvalue weighted by molar-refractivity contribution is 6.33. The molecule has 22 heavy (non-hydrogen) atoms. The van der Waals surface area contributed by atoms with Crippen LogP contribution < -0.4 is 5.73 Å². The lowest BCUT2D eigenvalue weighted by Crippen LogP contribution is -2.14. The highest BCUT2D eigenvalue weighted by atomic mass is 35.5. The number of hydrogen-bond donors (Lipinski definition) is 1. The Morgan fingerprint density at radius 3 is 2.32 bits per heavy atom. The molecule has 0 aliphatic carbocycles. The molecule has 0 aromatic heterocycles. The summed E-state index contributed by atoms with van der Waals surface area (Å²) >= 11 is 5.79. The first kappa shape index (κ1) is 16.0. The van der Waals surface area contributed by atoms with Crippen molar-refractivity contribution in [2.75, 3.05) is 12.3 Å². The van der Waals surface area contributed by atoms with E-state index in [1.165, 1.54) is 18.2 Å². The maximum atomic E-state index is 12.0. The summed E-state index contributed by atoms with van der Waals surface area (Å²) in [7, 11) is 0. The Morgan fingerprint density at radius 1 is 1.09 bits per heavy atom. The SMILES string of the molecule is CCc1ccc(C(=O)COC(=O)c2ccc(Cl)c(N)c2)cc1. The van der Waals surface area contributed by atoms with Gasteiger partial charge in [0.15, 0.2) is 12.4 Å². The Bertz CT molecular complexity index is 696. The van der Waals surface area contributed by atoms with Crippen molar-refractivity contribution >= 4 is 29.0 Å². The summed E-state index contributed by atoms with van der Waals surface area (Å²) in [5, 5.41) is 0.364. The number of benzene rings is 2. The van der Waals surface area contributed by atoms with E-state index in [9.17, 15) is 9.59 Å². The fourth-order valence-electron chi connectivity index (χ4n) is 1.89. The fraction of sp³-hybridized carbons (Fsp3) is 0.176. The topological polar surface area (TPSA) is 69.4 Å². The zero-order valence-corrected chi connectivity index (χ0v) is 12.9. The van der Waals surface area contributed by atoms with Gasteiger partial charge < -0.3 is 10.5 Å². The van der Waals surface area contributed by atoms with E-state index >= 15 is 0 Å². The van der Waals surface area contributed by atoms with Gasteiger partial charge in [-0.2, -0.15) is 0 Å². The van der Waals surface area contributed by atoms with Crippen LogP contribution in [0, 0.1) is 0 Å². The van der Waals surface area contributed by atoms with Gasteiger partial charge in [-0.1, -0.05) is 42.8 Å². The van der Waals surface area contributed by atoms with Crippen LogP contribution in [0.2, 0.25) is 5.02 Å². The monoisotopic (exact) mass is 317 g/mol. The molecule has 5 heteroatoms. The standard InChI is InChI=1S/C17H16ClNO3/c1-2-11-3-5-12(6-4-11)16(20)10-22-17(21)13-7-8-14(18)15(19)9-13/h3-9H,2,10,19H2,1H3. The molecular weight excluding hydrogens is 302 g/mol. The Hall–Kier alpha value is -2.33. The van der Waals surface area contributed by atoms with Gasteiger partial charge >= 0.3 is 5.97 Å². The number of nitrogen functional groups attached to an aromatic ring is 1. The second kappa shape index (κ2) is 7.09. The first-order chi connectivity index (χ1) is 10.5. The van der Waals surface area contributed by atoms with Crippen molar-refractivity contribution in [1.29, 1.82) is 0 Å². The number of rotatable bonds is 5. The number of ketones is 1. The quantitative estimate of drug-likeness (QED) is 0.520. The molecular formula is C17H16ClNO3. The van der Waals surface area contributed by atoms with Crippen LogP contribution in [0.15, 0.2) is 42.5 Å². The number of carbonyl (C=O) groups excluding carboxylic acids is 2. The number of aryl methyl sites for hydroxylation is 1. The molecule has 0 radical (unpaired) electrons. The number of ether oxygens (including phenoxy) is 1. The molecule has 0 fully saturated rings. The Morgan fingerprint density at radius 2 is 1.73 bits per heavy atom. The van der Waals surface area contributed by atoms with Crippen LogP contribution in [0.4, 0.5) is 5.69 Å². The average Bonchev–Trinajstić information content (AvgIpc) is 2.54. The summed E-state index contributed by atoms with van der Waals surface area (Å²) in [4.78, 5) is 23.8. The number of nitrogens with two attached hydrogens (primary N) is 1. The van der Waals surface area contributed by atoms with Crippen molar-refractivity contribution in [2.24, 2.45) is 0 Å². The van der Waals surface area contributed by atoms with Gasteiger partial charge in [0.25, 0.3) is 0 Å². The largest absolute Gasteiger partial charge is 0.454 e. The zero-order chi connectivity index (χ0) is 16.1. The first-order valence-corrected chi connectivity index (χ1v) is 7.23. The predicted octanol–water partition coefficient (Wildman–Crippen LogP) is 3.52. The van der Waals surface area contributed by atoms with Crippen LogP contribution in [0.5, 0.6) is 0 Å². The third kappa shape index (κ3) is 3.86. The summed E-state index contributed by atoms with van der Waals surface area (Å²) in [6.07, 6.45) is 0.904. The van der Waals surface area contributed by atoms with Gasteiger partial charge in [0, 0.05) is 5.56 Å². The Kier molecular flexibility index (Phi) is 5.17. The Labute approximate surface area is 133 Å². The minimum atomic E-state index is -0.609. The van der Waals surface area contributed by atoms with Gasteiger partial charge in [-0.05, 0) is 30.2 Å². The van der Waals surface area contributed by atoms with Gasteiger partial charge in [0.2, 0.25) is 0 Å². The Balaban J connectivity index is 1.97. The zero-order valence-electron chi connectivity index (χ0n) is 12.1. The molecule has 2 N–H and O–H groups in total. The normalized spacial score (nSPS) is 10.3. The summed E-state index contributed by atoms with van der Waals surface area (Å²) in [6, 6.07) is 11.7. The number of halogens is 1. The van der Waals surface area contributed by atoms with E-state index in [1.54, 1.807) is 12.1 Å². The molecule has 2 aromatic carbocycles. The fourth-order valence-corrected chi connectivity index (χ4v) is 2.01. The molecule has 0 aliphatic heterocycles. The molecule has 4 nitrogen and oxygen atoms in total. The molecule has 2 aromatic rings. The van der Waals surface area contributed by atoms with Crippen LogP contribution in [-0.4, -0.2) is 18.4 Å². The molecule has 0 atom stereocenters. The molecule has 0 bridgehead atoms. The molecule has 0 aliphatic rings. The van der Waals surface area contributed by atoms with E-state index < -0.39 is 5.97 Å². The van der Waals surface area contributed by atoms with Gasteiger partial charge in [-0.3, -0.25) is 4.79 Å². The van der Waals surface area contributed by atoms with Crippen LogP contribution >= 0.6 is 11.6 Å². The number of anilines is 1. The van der Waals surface area contributed by atoms with Gasteiger partial charge in [-0.15, -0.1) is 0 Å². The summed E-state index contributed by atoms with van der Waals surface area (Å²) in [5.74, 6) is -0.861. The average molecular weight is 318 g/mol. The maximum Gasteiger partial charge on any atom is 0.338 e. The lowest BCUT2D eigenvalue weighted by Gasteiger charge is -2.06. The molecule has 0 amide bonds. The molecule has 0 unspecified atom stereocenters. The minimum absolute atomic E-state index is 0.252. The summed E-state index contributed by atoms with van der Waals surface area (Å²) < 4.78 is 5.01. The second-order valence-electron chi connectivity index (χ2n) is 4.79. The van der Waals surface area contributed by atoms with E-state index in [0.29, 0.717) is 10.6 Å². The molecule has 2 rings (SSSR count). The highest BCUT2D eigenvalue weighted by Gasteiger charge is 2.12. The van der Waals surface area contributed by atoms with Gasteiger partial charge in [0.05, 0.1) is 16.3 Å². The lowest BCUT2D eigenvalue weighted by atomic mass is 10.1. The lowest BCUT2D eigenvalue weighted by molar-refractivity contribution is 0.0475. The summed E-state index contributed by atoms with van der Waals surface area (Å²) in [6.45, 7) is 1.73. The molecule has 0 saturated carbocycles. The van der Waals surface area contributed by atoms with E-state index in [1.807, 2.05) is 19.1 Å². The number of hydrogen-bond acceptors (Lipinski definition) is 4. The van der Waals surface area contributed by atoms with E-state index in [-0.39, 0.29) is 23.6 Å². The van der Waals surface area contributed by atoms with Crippen molar-refractivity contribution < 1.29 is 14.3 Å². The predicted molar refractivity (Wildman–Crippen MR) is 86.3 cm³/mol. The highest BCUT2D eigenvalue weighted by Crippen LogP contribution is 2.20. The van der Waals surface area contributed by atoms with Gasteiger partial charge in [-0.25, -0.2) is 4.79 Å². The van der Waals surface area contributed by atoms with E-state index in [2.05, 4.69) is 0 Å². The van der Waals surface area contributed by atoms with Gasteiger partial charge in [0.1, 0.15) is 0 Å². The van der Waals surface area contributed by atoms with Crippen LogP contribution in [0.3, 0.4) is 0 Å². The third-order valence-corrected chi connectivity index (χ3v) is 3.59. The van der Waals surface area contributed by atoms with Crippen molar-refractivity contribution in [2.45, 2.75) is 13.3 Å². The van der Waals surface area contributed by atoms with Crippen LogP contribution in [0.1, 0.15) is 33.2 Å². The van der Waals surface area contributed by atoms with Crippen LogP contribution in [0.25, 0.3) is 0 Å². The van der Waals surface area contributed by atoms with Crippen molar-refractivity contribution in [3.8, 4) is 0 Å². The van der Waals surface area contributed by atoms with E-state index in [4.69, 9.17) is 22.1 Å². The summed E-state index contributed by atoms with van der Waals surface area (Å²) in [5.41, 5.74) is 7.83. The van der Waals surface area contributed by atoms with Crippen molar-refractivity contribution in [1.82, 2.24) is 0 Å². The van der Waals surface area contributed by atoms with E-state index in [0.717, 1.165) is 12.0 Å². The molecule has 0 spiro atoms. The first-order valence-electron chi connectivity index (χ1n) is 6.85. The molecule has 114 valence electrons. The third-order valence-electron chi connectivity index (χ3n) is 3.25. The van der Waals surface area contributed by atoms with Crippen molar-refractivity contribution in [3.05, 3.63) is 64.2 Å². The maximum absolute atomic E-state index is 12.0. The number of esters is 1. The molecule has 0 heterocycles. The number of carbonyl (C=O) groups is 2. The molecule has 0 saturated heterocycles. The minimum Gasteiger partial charge on any atom is -0.454 e. The van der Waals surface area contributed by atoms with Crippen LogP contribution in [-0.2, 0) is 11.2 Å². The van der Waals surface area contributed by atoms with Crippen molar-refractivity contribution in [3.63, 3.8) is 0 Å².